The average Bonchev–Trinajstić information content (AvgIpc) is 2.73. The van der Waals surface area contributed by atoms with E-state index in [0.29, 0.717) is 24.4 Å². The van der Waals surface area contributed by atoms with Gasteiger partial charge in [0.2, 0.25) is 5.89 Å². The molecule has 0 amide bonds. The molecule has 2 N–H and O–H groups in total. The molecule has 1 aromatic rings. The Balaban J connectivity index is 2.35. The lowest BCUT2D eigenvalue weighted by atomic mass is 9.82. The zero-order valence-electron chi connectivity index (χ0n) is 12.2. The summed E-state index contributed by atoms with van der Waals surface area (Å²) in [6.45, 7) is 13.5. The van der Waals surface area contributed by atoms with Crippen LogP contribution in [0.25, 0.3) is 0 Å². The highest BCUT2D eigenvalue weighted by Gasteiger charge is 2.20. The molecule has 0 aliphatic carbocycles. The molecule has 1 heterocycles. The number of hydrogen-bond donors (Lipinski definition) is 2. The van der Waals surface area contributed by atoms with Crippen molar-refractivity contribution in [2.45, 2.75) is 47.6 Å². The first-order valence-electron chi connectivity index (χ1n) is 6.70. The van der Waals surface area contributed by atoms with E-state index in [1.807, 2.05) is 0 Å². The molecule has 5 heteroatoms. The number of rotatable bonds is 7. The number of nitrogens with zero attached hydrogens (tertiary/aromatic N) is 2. The van der Waals surface area contributed by atoms with Gasteiger partial charge >= 0.3 is 6.01 Å². The fourth-order valence-corrected chi connectivity index (χ4v) is 1.32. The van der Waals surface area contributed by atoms with Gasteiger partial charge in [0.25, 0.3) is 0 Å². The molecule has 0 saturated heterocycles. The van der Waals surface area contributed by atoms with Gasteiger partial charge in [0.15, 0.2) is 0 Å². The van der Waals surface area contributed by atoms with Crippen LogP contribution in [0.1, 0.15) is 46.9 Å². The molecular weight excluding hydrogens is 228 g/mol. The molecule has 0 bridgehead atoms. The Kier molecular flexibility index (Phi) is 5.59. The van der Waals surface area contributed by atoms with Crippen LogP contribution in [-0.2, 0) is 6.54 Å². The van der Waals surface area contributed by atoms with Crippen molar-refractivity contribution in [3.8, 4) is 0 Å². The van der Waals surface area contributed by atoms with Crippen LogP contribution in [0.3, 0.4) is 0 Å². The molecule has 5 nitrogen and oxygen atoms in total. The highest BCUT2D eigenvalue weighted by Crippen LogP contribution is 2.25. The molecular formula is C13H26N4O. The number of anilines is 1. The molecule has 0 radical (unpaired) electrons. The molecule has 104 valence electrons. The minimum atomic E-state index is 0.276. The Labute approximate surface area is 110 Å². The zero-order chi connectivity index (χ0) is 13.6. The van der Waals surface area contributed by atoms with E-state index in [1.54, 1.807) is 0 Å². The standard InChI is InChI=1S/C13H26N4O/c1-6-7-14-9-11-16-17-12(18-11)15-8-10(2)13(3,4)5/h10,14H,6-9H2,1-5H3,(H,15,17). The molecule has 1 rings (SSSR count). The summed E-state index contributed by atoms with van der Waals surface area (Å²) in [5.41, 5.74) is 0.276. The number of aromatic nitrogens is 2. The normalized spacial score (nSPS) is 13.6. The molecule has 1 aromatic heterocycles. The van der Waals surface area contributed by atoms with Crippen molar-refractivity contribution >= 4 is 6.01 Å². The van der Waals surface area contributed by atoms with E-state index < -0.39 is 0 Å². The van der Waals surface area contributed by atoms with Crippen LogP contribution >= 0.6 is 0 Å². The predicted octanol–water partition coefficient (Wildman–Crippen LogP) is 2.66. The first-order chi connectivity index (χ1) is 8.43. The maximum absolute atomic E-state index is 5.50. The summed E-state index contributed by atoms with van der Waals surface area (Å²) >= 11 is 0. The van der Waals surface area contributed by atoms with Crippen molar-refractivity contribution in [1.82, 2.24) is 15.5 Å². The van der Waals surface area contributed by atoms with Gasteiger partial charge in [0, 0.05) is 6.54 Å². The van der Waals surface area contributed by atoms with Gasteiger partial charge in [-0.15, -0.1) is 5.10 Å². The average molecular weight is 254 g/mol. The molecule has 18 heavy (non-hydrogen) atoms. The second kappa shape index (κ2) is 6.73. The van der Waals surface area contributed by atoms with Gasteiger partial charge in [-0.25, -0.2) is 0 Å². The minimum Gasteiger partial charge on any atom is -0.407 e. The minimum absolute atomic E-state index is 0.276. The third kappa shape index (κ3) is 5.04. The van der Waals surface area contributed by atoms with Gasteiger partial charge in [-0.05, 0) is 24.3 Å². The van der Waals surface area contributed by atoms with Crippen molar-refractivity contribution in [3.63, 3.8) is 0 Å². The summed E-state index contributed by atoms with van der Waals surface area (Å²) in [4.78, 5) is 0. The fourth-order valence-electron chi connectivity index (χ4n) is 1.32. The lowest BCUT2D eigenvalue weighted by Gasteiger charge is -2.26. The van der Waals surface area contributed by atoms with E-state index in [4.69, 9.17) is 4.42 Å². The van der Waals surface area contributed by atoms with Crippen LogP contribution < -0.4 is 10.6 Å². The number of hydrogen-bond acceptors (Lipinski definition) is 5. The quantitative estimate of drug-likeness (QED) is 0.732. The van der Waals surface area contributed by atoms with Crippen LogP contribution in [-0.4, -0.2) is 23.3 Å². The summed E-state index contributed by atoms with van der Waals surface area (Å²) in [7, 11) is 0. The Morgan fingerprint density at radius 3 is 2.61 bits per heavy atom. The van der Waals surface area contributed by atoms with E-state index in [2.05, 4.69) is 55.4 Å². The van der Waals surface area contributed by atoms with Gasteiger partial charge in [0.05, 0.1) is 6.54 Å². The molecule has 0 aromatic carbocycles. The lowest BCUT2D eigenvalue weighted by Crippen LogP contribution is -2.24. The molecule has 1 unspecified atom stereocenters. The van der Waals surface area contributed by atoms with E-state index in [0.717, 1.165) is 19.5 Å². The Morgan fingerprint density at radius 2 is 2.00 bits per heavy atom. The van der Waals surface area contributed by atoms with E-state index in [-0.39, 0.29) is 5.41 Å². The summed E-state index contributed by atoms with van der Waals surface area (Å²) in [6.07, 6.45) is 1.10. The molecule has 0 saturated carbocycles. The highest BCUT2D eigenvalue weighted by atomic mass is 16.4. The van der Waals surface area contributed by atoms with Crippen LogP contribution in [0.2, 0.25) is 0 Å². The Bertz CT molecular complexity index is 343. The summed E-state index contributed by atoms with van der Waals surface area (Å²) in [5, 5.41) is 14.4. The smallest absolute Gasteiger partial charge is 0.315 e. The molecule has 0 aliphatic heterocycles. The molecule has 0 fully saturated rings. The fraction of sp³-hybridized carbons (Fsp3) is 0.846. The van der Waals surface area contributed by atoms with Crippen LogP contribution in [0, 0.1) is 11.3 Å². The first-order valence-corrected chi connectivity index (χ1v) is 6.70. The highest BCUT2D eigenvalue weighted by molar-refractivity contribution is 5.17. The van der Waals surface area contributed by atoms with Crippen molar-refractivity contribution in [2.24, 2.45) is 11.3 Å². The van der Waals surface area contributed by atoms with Crippen LogP contribution in [0.5, 0.6) is 0 Å². The maximum atomic E-state index is 5.50. The van der Waals surface area contributed by atoms with Gasteiger partial charge in [-0.2, -0.15) is 0 Å². The summed E-state index contributed by atoms with van der Waals surface area (Å²) in [6, 6.07) is 0.513. The van der Waals surface area contributed by atoms with Gasteiger partial charge in [0.1, 0.15) is 0 Å². The monoisotopic (exact) mass is 254 g/mol. The maximum Gasteiger partial charge on any atom is 0.315 e. The van der Waals surface area contributed by atoms with Crippen molar-refractivity contribution in [1.29, 1.82) is 0 Å². The SMILES string of the molecule is CCCNCc1nnc(NCC(C)C(C)(C)C)o1. The number of nitrogens with one attached hydrogen (secondary N) is 2. The lowest BCUT2D eigenvalue weighted by molar-refractivity contribution is 0.273. The summed E-state index contributed by atoms with van der Waals surface area (Å²) in [5.74, 6) is 1.17. The predicted molar refractivity (Wildman–Crippen MR) is 73.4 cm³/mol. The van der Waals surface area contributed by atoms with Crippen LogP contribution in [0.4, 0.5) is 6.01 Å². The second-order valence-electron chi connectivity index (χ2n) is 5.83. The van der Waals surface area contributed by atoms with Crippen molar-refractivity contribution < 1.29 is 4.42 Å². The topological polar surface area (TPSA) is 63.0 Å². The van der Waals surface area contributed by atoms with Crippen molar-refractivity contribution in [3.05, 3.63) is 5.89 Å². The van der Waals surface area contributed by atoms with Gasteiger partial charge < -0.3 is 15.1 Å². The van der Waals surface area contributed by atoms with E-state index in [1.165, 1.54) is 0 Å². The molecule has 1 atom stereocenters. The van der Waals surface area contributed by atoms with Gasteiger partial charge in [-0.1, -0.05) is 39.7 Å². The third-order valence-corrected chi connectivity index (χ3v) is 3.21. The summed E-state index contributed by atoms with van der Waals surface area (Å²) < 4.78 is 5.50. The van der Waals surface area contributed by atoms with E-state index in [9.17, 15) is 0 Å². The Hall–Kier alpha value is -1.10. The van der Waals surface area contributed by atoms with Crippen LogP contribution in [0.15, 0.2) is 4.42 Å². The second-order valence-corrected chi connectivity index (χ2v) is 5.83. The largest absolute Gasteiger partial charge is 0.407 e. The Morgan fingerprint density at radius 1 is 1.28 bits per heavy atom. The van der Waals surface area contributed by atoms with Gasteiger partial charge in [-0.3, -0.25) is 0 Å². The van der Waals surface area contributed by atoms with Crippen molar-refractivity contribution in [2.75, 3.05) is 18.4 Å². The first kappa shape index (κ1) is 15.0. The molecule has 0 aliphatic rings. The van der Waals surface area contributed by atoms with E-state index >= 15 is 0 Å². The molecule has 0 spiro atoms. The zero-order valence-corrected chi connectivity index (χ0v) is 12.2. The third-order valence-electron chi connectivity index (χ3n) is 3.21.